The molecule has 2 rings (SSSR count). The Morgan fingerprint density at radius 3 is 2.76 bits per heavy atom. The number of nitrogens with one attached hydrogen (secondary N) is 1. The van der Waals surface area contributed by atoms with Crippen molar-refractivity contribution in [2.24, 2.45) is 5.92 Å². The van der Waals surface area contributed by atoms with E-state index in [4.69, 9.17) is 4.74 Å². The molecule has 3 heteroatoms. The van der Waals surface area contributed by atoms with Crippen LogP contribution < -0.4 is 10.1 Å². The van der Waals surface area contributed by atoms with Crippen molar-refractivity contribution in [1.82, 2.24) is 10.2 Å². The van der Waals surface area contributed by atoms with Gasteiger partial charge in [-0.15, -0.1) is 0 Å². The molecule has 0 heterocycles. The Labute approximate surface area is 129 Å². The second-order valence-corrected chi connectivity index (χ2v) is 6.37. The molecule has 1 saturated carbocycles. The number of hydrogen-bond donors (Lipinski definition) is 1. The van der Waals surface area contributed by atoms with E-state index < -0.39 is 0 Å². The molecule has 3 nitrogen and oxygen atoms in total. The van der Waals surface area contributed by atoms with Gasteiger partial charge in [-0.25, -0.2) is 0 Å². The summed E-state index contributed by atoms with van der Waals surface area (Å²) in [6.07, 6.45) is 5.53. The van der Waals surface area contributed by atoms with Crippen LogP contribution in [-0.4, -0.2) is 38.2 Å². The summed E-state index contributed by atoms with van der Waals surface area (Å²) in [5.41, 5.74) is 1.26. The fraction of sp³-hybridized carbons (Fsp3) is 0.667. The van der Waals surface area contributed by atoms with Gasteiger partial charge in [0.25, 0.3) is 0 Å². The molecule has 1 aromatic rings. The number of hydrogen-bond acceptors (Lipinski definition) is 3. The van der Waals surface area contributed by atoms with Crippen LogP contribution in [0, 0.1) is 5.92 Å². The molecule has 0 radical (unpaired) electrons. The topological polar surface area (TPSA) is 24.5 Å². The molecule has 0 saturated heterocycles. The van der Waals surface area contributed by atoms with Gasteiger partial charge in [0, 0.05) is 31.2 Å². The smallest absolute Gasteiger partial charge is 0.123 e. The average Bonchev–Trinajstić information content (AvgIpc) is 2.50. The molecule has 0 aliphatic heterocycles. The molecule has 1 aliphatic rings. The molecule has 1 aromatic carbocycles. The Kier molecular flexibility index (Phi) is 6.52. The standard InChI is InChI=1S/C18H30N2O/c1-15-8-4-6-10-17(15)19-12-13-20(2)14-16-9-5-7-11-18(16)21-3/h5,7,9,11,15,17,19H,4,6,8,10,12-14H2,1-3H3. The van der Waals surface area contributed by atoms with E-state index in [1.165, 1.54) is 31.2 Å². The average molecular weight is 290 g/mol. The van der Waals surface area contributed by atoms with Crippen LogP contribution in [0.2, 0.25) is 0 Å². The second-order valence-electron chi connectivity index (χ2n) is 6.37. The van der Waals surface area contributed by atoms with E-state index >= 15 is 0 Å². The summed E-state index contributed by atoms with van der Waals surface area (Å²) in [4.78, 5) is 2.36. The van der Waals surface area contributed by atoms with E-state index in [9.17, 15) is 0 Å². The van der Waals surface area contributed by atoms with E-state index in [2.05, 4.69) is 36.3 Å². The third-order valence-corrected chi connectivity index (χ3v) is 4.64. The van der Waals surface area contributed by atoms with Crippen molar-refractivity contribution in [3.63, 3.8) is 0 Å². The summed E-state index contributed by atoms with van der Waals surface area (Å²) in [5.74, 6) is 1.82. The Hall–Kier alpha value is -1.06. The fourth-order valence-electron chi connectivity index (χ4n) is 3.26. The predicted octanol–water partition coefficient (Wildman–Crippen LogP) is 3.30. The zero-order chi connectivity index (χ0) is 15.1. The third kappa shape index (κ3) is 5.01. The highest BCUT2D eigenvalue weighted by Gasteiger charge is 2.20. The SMILES string of the molecule is COc1ccccc1CN(C)CCNC1CCCCC1C. The van der Waals surface area contributed by atoms with Crippen molar-refractivity contribution in [2.75, 3.05) is 27.2 Å². The molecule has 1 N–H and O–H groups in total. The molecule has 0 spiro atoms. The molecule has 0 amide bonds. The lowest BCUT2D eigenvalue weighted by Crippen LogP contribution is -2.40. The maximum atomic E-state index is 5.42. The monoisotopic (exact) mass is 290 g/mol. The minimum absolute atomic E-state index is 0.721. The largest absolute Gasteiger partial charge is 0.496 e. The fourth-order valence-corrected chi connectivity index (χ4v) is 3.26. The molecule has 2 atom stereocenters. The molecule has 118 valence electrons. The van der Waals surface area contributed by atoms with Gasteiger partial charge < -0.3 is 15.0 Å². The highest BCUT2D eigenvalue weighted by molar-refractivity contribution is 5.32. The van der Waals surface area contributed by atoms with Crippen LogP contribution in [0.1, 0.15) is 38.2 Å². The van der Waals surface area contributed by atoms with Gasteiger partial charge in [0.1, 0.15) is 5.75 Å². The summed E-state index contributed by atoms with van der Waals surface area (Å²) in [6, 6.07) is 9.00. The van der Waals surface area contributed by atoms with E-state index in [0.717, 1.165) is 37.3 Å². The number of methoxy groups -OCH3 is 1. The van der Waals surface area contributed by atoms with Gasteiger partial charge in [-0.2, -0.15) is 0 Å². The zero-order valence-corrected chi connectivity index (χ0v) is 13.8. The number of rotatable bonds is 7. The highest BCUT2D eigenvalue weighted by Crippen LogP contribution is 2.23. The van der Waals surface area contributed by atoms with E-state index in [1.54, 1.807) is 7.11 Å². The minimum Gasteiger partial charge on any atom is -0.496 e. The number of ether oxygens (including phenoxy) is 1. The minimum atomic E-state index is 0.721. The van der Waals surface area contributed by atoms with Crippen LogP contribution >= 0.6 is 0 Å². The maximum absolute atomic E-state index is 5.42. The lowest BCUT2D eigenvalue weighted by molar-refractivity contribution is 0.257. The zero-order valence-electron chi connectivity index (χ0n) is 13.8. The van der Waals surface area contributed by atoms with Gasteiger partial charge in [0.05, 0.1) is 7.11 Å². The normalized spacial score (nSPS) is 22.5. The number of para-hydroxylation sites is 1. The maximum Gasteiger partial charge on any atom is 0.123 e. The van der Waals surface area contributed by atoms with Crippen LogP contribution in [0.3, 0.4) is 0 Å². The van der Waals surface area contributed by atoms with Crippen molar-refractivity contribution in [2.45, 2.75) is 45.2 Å². The summed E-state index contributed by atoms with van der Waals surface area (Å²) in [7, 11) is 3.92. The summed E-state index contributed by atoms with van der Waals surface area (Å²) in [6.45, 7) is 5.46. The molecular weight excluding hydrogens is 260 g/mol. The van der Waals surface area contributed by atoms with Crippen molar-refractivity contribution >= 4 is 0 Å². The van der Waals surface area contributed by atoms with Gasteiger partial charge in [0.2, 0.25) is 0 Å². The van der Waals surface area contributed by atoms with Crippen LogP contribution in [0.15, 0.2) is 24.3 Å². The van der Waals surface area contributed by atoms with Gasteiger partial charge in [-0.05, 0) is 31.9 Å². The first kappa shape index (κ1) is 16.3. The first-order valence-corrected chi connectivity index (χ1v) is 8.24. The van der Waals surface area contributed by atoms with E-state index in [-0.39, 0.29) is 0 Å². The van der Waals surface area contributed by atoms with Gasteiger partial charge in [-0.3, -0.25) is 0 Å². The molecule has 0 aromatic heterocycles. The highest BCUT2D eigenvalue weighted by atomic mass is 16.5. The first-order chi connectivity index (χ1) is 10.2. The van der Waals surface area contributed by atoms with Crippen LogP contribution in [-0.2, 0) is 6.54 Å². The number of nitrogens with zero attached hydrogens (tertiary/aromatic N) is 1. The van der Waals surface area contributed by atoms with Crippen molar-refractivity contribution in [1.29, 1.82) is 0 Å². The van der Waals surface area contributed by atoms with Gasteiger partial charge in [-0.1, -0.05) is 38.0 Å². The summed E-state index contributed by atoms with van der Waals surface area (Å²) >= 11 is 0. The summed E-state index contributed by atoms with van der Waals surface area (Å²) < 4.78 is 5.42. The van der Waals surface area contributed by atoms with Crippen LogP contribution in [0.4, 0.5) is 0 Å². The van der Waals surface area contributed by atoms with E-state index in [0.29, 0.717) is 0 Å². The predicted molar refractivity (Wildman–Crippen MR) is 88.8 cm³/mol. The Bertz CT molecular complexity index is 421. The Morgan fingerprint density at radius 2 is 2.00 bits per heavy atom. The molecule has 2 unspecified atom stereocenters. The van der Waals surface area contributed by atoms with Gasteiger partial charge >= 0.3 is 0 Å². The van der Waals surface area contributed by atoms with Crippen molar-refractivity contribution in [3.8, 4) is 5.75 Å². The molecular formula is C18H30N2O. The first-order valence-electron chi connectivity index (χ1n) is 8.24. The summed E-state index contributed by atoms with van der Waals surface area (Å²) in [5, 5.41) is 3.74. The van der Waals surface area contributed by atoms with Crippen LogP contribution in [0.25, 0.3) is 0 Å². The molecule has 1 aliphatic carbocycles. The number of benzene rings is 1. The quantitative estimate of drug-likeness (QED) is 0.834. The number of likely N-dealkylation sites (N-methyl/N-ethyl adjacent to an activating group) is 1. The second kappa shape index (κ2) is 8.40. The van der Waals surface area contributed by atoms with Crippen molar-refractivity contribution in [3.05, 3.63) is 29.8 Å². The molecule has 0 bridgehead atoms. The van der Waals surface area contributed by atoms with Crippen LogP contribution in [0.5, 0.6) is 5.75 Å². The molecule has 1 fully saturated rings. The van der Waals surface area contributed by atoms with Crippen molar-refractivity contribution < 1.29 is 4.74 Å². The van der Waals surface area contributed by atoms with E-state index in [1.807, 2.05) is 12.1 Å². The lowest BCUT2D eigenvalue weighted by Gasteiger charge is -2.30. The Balaban J connectivity index is 1.73. The third-order valence-electron chi connectivity index (χ3n) is 4.64. The van der Waals surface area contributed by atoms with Gasteiger partial charge in [0.15, 0.2) is 0 Å². The Morgan fingerprint density at radius 1 is 1.24 bits per heavy atom. The lowest BCUT2D eigenvalue weighted by atomic mass is 9.86. The molecule has 21 heavy (non-hydrogen) atoms.